The van der Waals surface area contributed by atoms with Gasteiger partial charge in [0.25, 0.3) is 0 Å². The van der Waals surface area contributed by atoms with Gasteiger partial charge in [-0.05, 0) is 17.7 Å². The molecule has 0 spiro atoms. The van der Waals surface area contributed by atoms with E-state index in [0.717, 1.165) is 16.5 Å². The third-order valence-electron chi connectivity index (χ3n) is 1.61. The molecule has 2 rings (SSSR count). The summed E-state index contributed by atoms with van der Waals surface area (Å²) in [5, 5.41) is 7.34. The molecule has 2 aromatic rings. The largest absolute Gasteiger partial charge is 0.384 e. The second-order valence-electron chi connectivity index (χ2n) is 2.67. The maximum atomic E-state index is 5.55. The molecule has 0 atom stereocenters. The minimum Gasteiger partial charge on any atom is -0.384 e. The van der Waals surface area contributed by atoms with Gasteiger partial charge in [-0.1, -0.05) is 11.8 Å². The fourth-order valence-corrected chi connectivity index (χ4v) is 1.72. The Kier molecular flexibility index (Phi) is 2.64. The normalized spacial score (nSPS) is 10.3. The van der Waals surface area contributed by atoms with Gasteiger partial charge in [-0.3, -0.25) is 5.10 Å². The molecule has 0 aliphatic heterocycles. The second-order valence-corrected chi connectivity index (χ2v) is 3.63. The molecular weight excluding hydrogens is 198 g/mol. The zero-order valence-electron chi connectivity index (χ0n) is 7.34. The Labute approximate surface area is 85.2 Å². The van der Waals surface area contributed by atoms with Crippen molar-refractivity contribution in [3.05, 3.63) is 30.2 Å². The number of thioether (sulfide) groups is 1. The first kappa shape index (κ1) is 9.01. The lowest BCUT2D eigenvalue weighted by molar-refractivity contribution is 0.973. The van der Waals surface area contributed by atoms with Gasteiger partial charge in [0.15, 0.2) is 5.16 Å². The highest BCUT2D eigenvalue weighted by atomic mass is 32.2. The van der Waals surface area contributed by atoms with Crippen molar-refractivity contribution in [3.63, 3.8) is 0 Å². The summed E-state index contributed by atoms with van der Waals surface area (Å²) in [4.78, 5) is 7.92. The molecule has 0 aliphatic rings. The summed E-state index contributed by atoms with van der Waals surface area (Å²) >= 11 is 1.58. The highest BCUT2D eigenvalue weighted by molar-refractivity contribution is 7.98. The van der Waals surface area contributed by atoms with Gasteiger partial charge in [-0.15, -0.1) is 0 Å². The summed E-state index contributed by atoms with van der Waals surface area (Å²) in [6.07, 6.45) is 3.19. The van der Waals surface area contributed by atoms with Crippen molar-refractivity contribution in [2.75, 3.05) is 5.73 Å². The lowest BCUT2D eigenvalue weighted by atomic mass is 10.3. The highest BCUT2D eigenvalue weighted by Crippen LogP contribution is 2.18. The molecule has 0 unspecified atom stereocenters. The standard InChI is InChI=1S/C8H9N5S/c9-7-3-6(1-2-10-7)4-14-8-11-5-12-13-8/h1-3,5H,4H2,(H2,9,10)(H,11,12,13). The van der Waals surface area contributed by atoms with Crippen LogP contribution in [-0.2, 0) is 5.75 Å². The van der Waals surface area contributed by atoms with Crippen LogP contribution in [0.3, 0.4) is 0 Å². The van der Waals surface area contributed by atoms with E-state index in [-0.39, 0.29) is 0 Å². The molecule has 0 radical (unpaired) electrons. The fraction of sp³-hybridized carbons (Fsp3) is 0.125. The van der Waals surface area contributed by atoms with E-state index in [1.165, 1.54) is 6.33 Å². The molecule has 0 amide bonds. The summed E-state index contributed by atoms with van der Waals surface area (Å²) in [6, 6.07) is 3.78. The van der Waals surface area contributed by atoms with Crippen LogP contribution in [0.5, 0.6) is 0 Å². The number of aromatic amines is 1. The summed E-state index contributed by atoms with van der Waals surface area (Å²) in [7, 11) is 0. The van der Waals surface area contributed by atoms with Crippen molar-refractivity contribution in [2.24, 2.45) is 0 Å². The Bertz CT molecular complexity index is 400. The summed E-state index contributed by atoms with van der Waals surface area (Å²) < 4.78 is 0. The number of hydrogen-bond donors (Lipinski definition) is 2. The predicted molar refractivity (Wildman–Crippen MR) is 54.6 cm³/mol. The first-order chi connectivity index (χ1) is 6.84. The summed E-state index contributed by atoms with van der Waals surface area (Å²) in [6.45, 7) is 0. The van der Waals surface area contributed by atoms with E-state index in [2.05, 4.69) is 20.2 Å². The third-order valence-corrected chi connectivity index (χ3v) is 2.56. The van der Waals surface area contributed by atoms with Gasteiger partial charge in [-0.25, -0.2) is 9.97 Å². The van der Waals surface area contributed by atoms with Gasteiger partial charge >= 0.3 is 0 Å². The molecule has 6 heteroatoms. The molecule has 2 heterocycles. The van der Waals surface area contributed by atoms with Crippen molar-refractivity contribution in [1.82, 2.24) is 20.2 Å². The van der Waals surface area contributed by atoms with Crippen molar-refractivity contribution >= 4 is 17.6 Å². The number of nitrogens with zero attached hydrogens (tertiary/aromatic N) is 3. The Morgan fingerprint density at radius 3 is 3.07 bits per heavy atom. The molecule has 14 heavy (non-hydrogen) atoms. The van der Waals surface area contributed by atoms with Gasteiger partial charge < -0.3 is 5.73 Å². The van der Waals surface area contributed by atoms with Gasteiger partial charge in [-0.2, -0.15) is 5.10 Å². The third kappa shape index (κ3) is 2.23. The van der Waals surface area contributed by atoms with Crippen LogP contribution in [0.25, 0.3) is 0 Å². The van der Waals surface area contributed by atoms with Crippen LogP contribution in [0.15, 0.2) is 29.8 Å². The maximum absolute atomic E-state index is 5.55. The number of anilines is 1. The molecule has 0 bridgehead atoms. The van der Waals surface area contributed by atoms with Gasteiger partial charge in [0.2, 0.25) is 0 Å². The Morgan fingerprint density at radius 1 is 1.43 bits per heavy atom. The first-order valence-electron chi connectivity index (χ1n) is 4.03. The van der Waals surface area contributed by atoms with Crippen LogP contribution >= 0.6 is 11.8 Å². The molecule has 72 valence electrons. The molecule has 0 aliphatic carbocycles. The zero-order valence-corrected chi connectivity index (χ0v) is 8.16. The van der Waals surface area contributed by atoms with Crippen molar-refractivity contribution in [2.45, 2.75) is 10.9 Å². The van der Waals surface area contributed by atoms with E-state index < -0.39 is 0 Å². The average molecular weight is 207 g/mol. The second kappa shape index (κ2) is 4.10. The molecule has 3 N–H and O–H groups in total. The van der Waals surface area contributed by atoms with Gasteiger partial charge in [0.05, 0.1) is 0 Å². The topological polar surface area (TPSA) is 80.5 Å². The molecule has 0 fully saturated rings. The number of nitrogens with two attached hydrogens (primary N) is 1. The molecule has 0 aromatic carbocycles. The Balaban J connectivity index is 1.98. The summed E-state index contributed by atoms with van der Waals surface area (Å²) in [5.41, 5.74) is 6.68. The van der Waals surface area contributed by atoms with Crippen LogP contribution in [0.1, 0.15) is 5.56 Å². The SMILES string of the molecule is Nc1cc(CSc2ncn[nH]2)ccn1. The number of rotatable bonds is 3. The number of hydrogen-bond acceptors (Lipinski definition) is 5. The average Bonchev–Trinajstić information content (AvgIpc) is 2.67. The quantitative estimate of drug-likeness (QED) is 0.736. The van der Waals surface area contributed by atoms with Crippen LogP contribution < -0.4 is 5.73 Å². The zero-order chi connectivity index (χ0) is 9.80. The van der Waals surface area contributed by atoms with E-state index in [1.807, 2.05) is 12.1 Å². The van der Waals surface area contributed by atoms with Crippen LogP contribution in [0.2, 0.25) is 0 Å². The van der Waals surface area contributed by atoms with E-state index in [9.17, 15) is 0 Å². The molecule has 0 saturated heterocycles. The first-order valence-corrected chi connectivity index (χ1v) is 5.02. The van der Waals surface area contributed by atoms with Crippen LogP contribution in [-0.4, -0.2) is 20.2 Å². The molecule has 5 nitrogen and oxygen atoms in total. The van der Waals surface area contributed by atoms with E-state index >= 15 is 0 Å². The molecule has 2 aromatic heterocycles. The predicted octanol–water partition coefficient (Wildman–Crippen LogP) is 1.07. The van der Waals surface area contributed by atoms with Gasteiger partial charge in [0.1, 0.15) is 12.1 Å². The summed E-state index contributed by atoms with van der Waals surface area (Å²) in [5.74, 6) is 1.35. The van der Waals surface area contributed by atoms with E-state index in [4.69, 9.17) is 5.73 Å². The van der Waals surface area contributed by atoms with Gasteiger partial charge in [0, 0.05) is 11.9 Å². The fourth-order valence-electron chi connectivity index (χ4n) is 1.000. The Hall–Kier alpha value is -1.56. The van der Waals surface area contributed by atoms with Crippen LogP contribution in [0, 0.1) is 0 Å². The smallest absolute Gasteiger partial charge is 0.183 e. The maximum Gasteiger partial charge on any atom is 0.183 e. The number of H-pyrrole nitrogens is 1. The number of aromatic nitrogens is 4. The highest BCUT2D eigenvalue weighted by Gasteiger charge is 1.98. The van der Waals surface area contributed by atoms with E-state index in [1.54, 1.807) is 18.0 Å². The molecule has 0 saturated carbocycles. The molecular formula is C8H9N5S. The monoisotopic (exact) mass is 207 g/mol. The van der Waals surface area contributed by atoms with Crippen molar-refractivity contribution in [1.29, 1.82) is 0 Å². The number of nitrogens with one attached hydrogen (secondary N) is 1. The lowest BCUT2D eigenvalue weighted by Gasteiger charge is -1.99. The van der Waals surface area contributed by atoms with Crippen LogP contribution in [0.4, 0.5) is 5.82 Å². The number of nitrogen functional groups attached to an aromatic ring is 1. The van der Waals surface area contributed by atoms with E-state index in [0.29, 0.717) is 5.82 Å². The lowest BCUT2D eigenvalue weighted by Crippen LogP contribution is -1.91. The minimum atomic E-state index is 0.542. The van der Waals surface area contributed by atoms with Crippen molar-refractivity contribution < 1.29 is 0 Å². The number of pyridine rings is 1. The Morgan fingerprint density at radius 2 is 2.36 bits per heavy atom. The van der Waals surface area contributed by atoms with Crippen molar-refractivity contribution in [3.8, 4) is 0 Å². The minimum absolute atomic E-state index is 0.542.